The average Bonchev–Trinajstić information content (AvgIpc) is 3.11. The summed E-state index contributed by atoms with van der Waals surface area (Å²) >= 11 is 0.929. The maximum atomic E-state index is 12.5. The smallest absolute Gasteiger partial charge is 0.338 e. The third-order valence-electron chi connectivity index (χ3n) is 4.89. The minimum absolute atomic E-state index is 0.195. The van der Waals surface area contributed by atoms with Crippen molar-refractivity contribution >= 4 is 35.0 Å². The van der Waals surface area contributed by atoms with Crippen LogP contribution in [0, 0.1) is 20.8 Å². The van der Waals surface area contributed by atoms with Crippen LogP contribution in [-0.4, -0.2) is 40.2 Å². The quantitative estimate of drug-likeness (QED) is 0.415. The van der Waals surface area contributed by atoms with Gasteiger partial charge in [-0.05, 0) is 67.9 Å². The number of aryl methyl sites for hydroxylation is 1. The van der Waals surface area contributed by atoms with E-state index in [9.17, 15) is 14.4 Å². The van der Waals surface area contributed by atoms with Gasteiger partial charge in [0, 0.05) is 23.6 Å². The fraction of sp³-hybridized carbons (Fsp3) is 0.227. The molecule has 0 atom stereocenters. The van der Waals surface area contributed by atoms with Gasteiger partial charge in [0.15, 0.2) is 0 Å². The van der Waals surface area contributed by atoms with Crippen LogP contribution < -0.4 is 0 Å². The van der Waals surface area contributed by atoms with E-state index in [2.05, 4.69) is 6.58 Å². The molecule has 0 spiro atoms. The molecule has 0 radical (unpaired) electrons. The molecule has 3 rings (SSSR count). The van der Waals surface area contributed by atoms with E-state index in [1.165, 1.54) is 18.1 Å². The molecular formula is C22H22N2O4S. The Morgan fingerprint density at radius 3 is 2.62 bits per heavy atom. The second kappa shape index (κ2) is 8.13. The van der Waals surface area contributed by atoms with Crippen LogP contribution in [-0.2, 0) is 9.53 Å². The van der Waals surface area contributed by atoms with Crippen LogP contribution in [0.3, 0.4) is 0 Å². The zero-order chi connectivity index (χ0) is 21.3. The van der Waals surface area contributed by atoms with Gasteiger partial charge >= 0.3 is 5.97 Å². The van der Waals surface area contributed by atoms with Crippen LogP contribution in [0.2, 0.25) is 0 Å². The zero-order valence-electron chi connectivity index (χ0n) is 16.8. The average molecular weight is 410 g/mol. The maximum Gasteiger partial charge on any atom is 0.338 e. The number of carbonyl (C=O) groups is 3. The fourth-order valence-corrected chi connectivity index (χ4v) is 4.27. The molecule has 150 valence electrons. The lowest BCUT2D eigenvalue weighted by Gasteiger charge is -2.15. The molecule has 1 aromatic carbocycles. The molecule has 0 aliphatic carbocycles. The van der Waals surface area contributed by atoms with Crippen LogP contribution in [0.5, 0.6) is 0 Å². The molecule has 2 amide bonds. The standard InChI is InChI=1S/C22H22N2O4S/c1-6-10-23-20(25)19(29-22(23)27)12-16-11-13(2)24(15(16)4)18-9-7-8-17(14(18)3)21(26)28-5/h6-9,11-12H,1,10H2,2-5H3/b19-12+. The highest BCUT2D eigenvalue weighted by Crippen LogP contribution is 2.34. The largest absolute Gasteiger partial charge is 0.465 e. The monoisotopic (exact) mass is 410 g/mol. The summed E-state index contributed by atoms with van der Waals surface area (Å²) in [6, 6.07) is 7.44. The third-order valence-corrected chi connectivity index (χ3v) is 5.80. The fourth-order valence-electron chi connectivity index (χ4n) is 3.43. The summed E-state index contributed by atoms with van der Waals surface area (Å²) in [7, 11) is 1.36. The second-order valence-corrected chi connectivity index (χ2v) is 7.68. The summed E-state index contributed by atoms with van der Waals surface area (Å²) in [6.07, 6.45) is 3.27. The highest BCUT2D eigenvalue weighted by molar-refractivity contribution is 8.18. The molecule has 6 nitrogen and oxygen atoms in total. The van der Waals surface area contributed by atoms with Crippen LogP contribution in [0.1, 0.15) is 32.9 Å². The van der Waals surface area contributed by atoms with Crippen LogP contribution in [0.15, 0.2) is 41.8 Å². The number of nitrogens with zero attached hydrogens (tertiary/aromatic N) is 2. The zero-order valence-corrected chi connectivity index (χ0v) is 17.6. The van der Waals surface area contributed by atoms with Crippen LogP contribution in [0.25, 0.3) is 11.8 Å². The molecule has 1 fully saturated rings. The first-order chi connectivity index (χ1) is 13.8. The molecule has 1 aliphatic heterocycles. The molecule has 7 heteroatoms. The van der Waals surface area contributed by atoms with Crippen molar-refractivity contribution in [3.8, 4) is 5.69 Å². The van der Waals surface area contributed by atoms with E-state index < -0.39 is 0 Å². The van der Waals surface area contributed by atoms with Gasteiger partial charge in [0.2, 0.25) is 0 Å². The van der Waals surface area contributed by atoms with Crippen molar-refractivity contribution in [1.82, 2.24) is 9.47 Å². The third kappa shape index (κ3) is 3.65. The summed E-state index contributed by atoms with van der Waals surface area (Å²) in [6.45, 7) is 9.56. The molecule has 0 saturated carbocycles. The van der Waals surface area contributed by atoms with E-state index in [4.69, 9.17) is 4.74 Å². The van der Waals surface area contributed by atoms with Gasteiger partial charge < -0.3 is 9.30 Å². The van der Waals surface area contributed by atoms with Crippen molar-refractivity contribution in [3.05, 3.63) is 69.9 Å². The van der Waals surface area contributed by atoms with Gasteiger partial charge in [-0.1, -0.05) is 12.1 Å². The maximum absolute atomic E-state index is 12.5. The van der Waals surface area contributed by atoms with Crippen molar-refractivity contribution in [1.29, 1.82) is 0 Å². The van der Waals surface area contributed by atoms with Gasteiger partial charge in [-0.3, -0.25) is 14.5 Å². The first-order valence-electron chi connectivity index (χ1n) is 9.03. The number of rotatable bonds is 5. The van der Waals surface area contributed by atoms with Crippen molar-refractivity contribution in [2.24, 2.45) is 0 Å². The van der Waals surface area contributed by atoms with E-state index in [1.54, 1.807) is 12.1 Å². The van der Waals surface area contributed by atoms with Crippen molar-refractivity contribution in [3.63, 3.8) is 0 Å². The number of hydrogen-bond acceptors (Lipinski definition) is 5. The molecule has 1 aliphatic rings. The lowest BCUT2D eigenvalue weighted by Crippen LogP contribution is -2.27. The Bertz CT molecular complexity index is 1070. The summed E-state index contributed by atoms with van der Waals surface area (Å²) in [5.74, 6) is -0.698. The van der Waals surface area contributed by atoms with Gasteiger partial charge in [0.25, 0.3) is 11.1 Å². The van der Waals surface area contributed by atoms with Crippen LogP contribution >= 0.6 is 11.8 Å². The summed E-state index contributed by atoms with van der Waals surface area (Å²) in [4.78, 5) is 38.2. The van der Waals surface area contributed by atoms with Crippen LogP contribution in [0.4, 0.5) is 4.79 Å². The Balaban J connectivity index is 2.05. The van der Waals surface area contributed by atoms with Gasteiger partial charge in [-0.25, -0.2) is 4.79 Å². The van der Waals surface area contributed by atoms with E-state index >= 15 is 0 Å². The van der Waals surface area contributed by atoms with Crippen molar-refractivity contribution < 1.29 is 19.1 Å². The van der Waals surface area contributed by atoms with E-state index in [-0.39, 0.29) is 23.7 Å². The normalized spacial score (nSPS) is 15.3. The summed E-state index contributed by atoms with van der Waals surface area (Å²) in [5.41, 5.74) is 4.87. The molecule has 29 heavy (non-hydrogen) atoms. The van der Waals surface area contributed by atoms with Gasteiger partial charge in [-0.15, -0.1) is 6.58 Å². The summed E-state index contributed by atoms with van der Waals surface area (Å²) < 4.78 is 6.90. The molecule has 2 heterocycles. The lowest BCUT2D eigenvalue weighted by atomic mass is 10.1. The molecule has 0 N–H and O–H groups in total. The Kier molecular flexibility index (Phi) is 5.79. The van der Waals surface area contributed by atoms with E-state index in [0.717, 1.165) is 40.0 Å². The number of hydrogen-bond donors (Lipinski definition) is 0. The molecular weight excluding hydrogens is 388 g/mol. The minimum atomic E-state index is -0.386. The topological polar surface area (TPSA) is 68.6 Å². The number of ether oxygens (including phenoxy) is 1. The molecule has 1 saturated heterocycles. The number of benzene rings is 1. The van der Waals surface area contributed by atoms with Crippen molar-refractivity contribution in [2.45, 2.75) is 20.8 Å². The Labute approximate surface area is 173 Å². The first kappa shape index (κ1) is 20.7. The molecule has 0 unspecified atom stereocenters. The molecule has 0 bridgehead atoms. The number of aromatic nitrogens is 1. The van der Waals surface area contributed by atoms with Crippen molar-refractivity contribution in [2.75, 3.05) is 13.7 Å². The van der Waals surface area contributed by atoms with Gasteiger partial charge in [0.1, 0.15) is 0 Å². The molecule has 1 aromatic heterocycles. The Hall–Kier alpha value is -3.06. The Morgan fingerprint density at radius 1 is 1.24 bits per heavy atom. The number of carbonyl (C=O) groups excluding carboxylic acids is 3. The number of imide groups is 1. The Morgan fingerprint density at radius 2 is 1.97 bits per heavy atom. The van der Waals surface area contributed by atoms with Gasteiger partial charge in [0.05, 0.1) is 17.6 Å². The number of esters is 1. The number of methoxy groups -OCH3 is 1. The SMILES string of the molecule is C=CCN1C(=O)S/C(=C/c2cc(C)n(-c3cccc(C(=O)OC)c3C)c2C)C1=O. The van der Waals surface area contributed by atoms with E-state index in [1.807, 2.05) is 43.5 Å². The predicted molar refractivity (Wildman–Crippen MR) is 114 cm³/mol. The minimum Gasteiger partial charge on any atom is -0.465 e. The summed E-state index contributed by atoms with van der Waals surface area (Å²) in [5, 5.41) is -0.295. The second-order valence-electron chi connectivity index (χ2n) is 6.68. The van der Waals surface area contributed by atoms with E-state index in [0.29, 0.717) is 10.5 Å². The number of amides is 2. The highest BCUT2D eigenvalue weighted by atomic mass is 32.2. The predicted octanol–water partition coefficient (Wildman–Crippen LogP) is 4.41. The lowest BCUT2D eigenvalue weighted by molar-refractivity contribution is -0.122. The first-order valence-corrected chi connectivity index (χ1v) is 9.85. The van der Waals surface area contributed by atoms with Gasteiger partial charge in [-0.2, -0.15) is 0 Å². The molecule has 2 aromatic rings. The number of thioether (sulfide) groups is 1. The highest BCUT2D eigenvalue weighted by Gasteiger charge is 2.34.